The summed E-state index contributed by atoms with van der Waals surface area (Å²) < 4.78 is 44.6. The van der Waals surface area contributed by atoms with E-state index in [0.29, 0.717) is 32.0 Å². The van der Waals surface area contributed by atoms with Crippen molar-refractivity contribution in [3.05, 3.63) is 46.7 Å². The Bertz CT molecular complexity index is 1010. The van der Waals surface area contributed by atoms with Crippen molar-refractivity contribution in [1.29, 1.82) is 0 Å². The van der Waals surface area contributed by atoms with Crippen LogP contribution in [0.2, 0.25) is 0 Å². The Morgan fingerprint density at radius 1 is 1.23 bits per heavy atom. The molecule has 1 aliphatic rings. The Kier molecular flexibility index (Phi) is 7.48. The van der Waals surface area contributed by atoms with Crippen molar-refractivity contribution in [3.63, 3.8) is 0 Å². The molecule has 0 atom stereocenters. The van der Waals surface area contributed by atoms with E-state index in [1.165, 1.54) is 22.5 Å². The fourth-order valence-electron chi connectivity index (χ4n) is 2.76. The monoisotopic (exact) mass is 456 g/mol. The number of halogens is 1. The van der Waals surface area contributed by atoms with E-state index in [1.54, 1.807) is 11.4 Å². The molecule has 9 nitrogen and oxygen atoms in total. The van der Waals surface area contributed by atoms with Gasteiger partial charge in [0.1, 0.15) is 5.82 Å². The zero-order chi connectivity index (χ0) is 21.6. The van der Waals surface area contributed by atoms with Gasteiger partial charge in [0.2, 0.25) is 15.9 Å². The molecule has 2 amide bonds. The minimum atomic E-state index is -3.44. The Morgan fingerprint density at radius 3 is 2.70 bits per heavy atom. The van der Waals surface area contributed by atoms with Gasteiger partial charge in [-0.15, -0.1) is 11.3 Å². The molecule has 0 spiro atoms. The molecule has 2 heterocycles. The number of thiazole rings is 1. The Hall–Kier alpha value is -2.41. The predicted molar refractivity (Wildman–Crippen MR) is 109 cm³/mol. The van der Waals surface area contributed by atoms with E-state index in [-0.39, 0.29) is 35.3 Å². The molecule has 1 fully saturated rings. The fraction of sp³-hybridized carbons (Fsp3) is 0.389. The van der Waals surface area contributed by atoms with Gasteiger partial charge in [-0.05, 0) is 12.1 Å². The van der Waals surface area contributed by atoms with Gasteiger partial charge in [-0.1, -0.05) is 12.1 Å². The van der Waals surface area contributed by atoms with E-state index in [2.05, 4.69) is 15.6 Å². The van der Waals surface area contributed by atoms with Gasteiger partial charge in [0, 0.05) is 25.0 Å². The van der Waals surface area contributed by atoms with Crippen LogP contribution in [0.4, 0.5) is 9.52 Å². The highest BCUT2D eigenvalue weighted by atomic mass is 32.2. The van der Waals surface area contributed by atoms with Gasteiger partial charge in [-0.2, -0.15) is 4.31 Å². The van der Waals surface area contributed by atoms with E-state index in [4.69, 9.17) is 4.74 Å². The molecule has 3 rings (SSSR count). The molecule has 0 bridgehead atoms. The van der Waals surface area contributed by atoms with Gasteiger partial charge < -0.3 is 10.1 Å². The largest absolute Gasteiger partial charge is 0.379 e. The van der Waals surface area contributed by atoms with Crippen molar-refractivity contribution in [2.45, 2.75) is 6.42 Å². The number of hydrogen-bond donors (Lipinski definition) is 2. The third-order valence-electron chi connectivity index (χ3n) is 4.28. The van der Waals surface area contributed by atoms with E-state index in [0.717, 1.165) is 11.3 Å². The first kappa shape index (κ1) is 22.3. The van der Waals surface area contributed by atoms with E-state index in [9.17, 15) is 22.4 Å². The number of carbonyl (C=O) groups is 2. The summed E-state index contributed by atoms with van der Waals surface area (Å²) in [6.07, 6.45) is -0.0658. The molecule has 0 unspecified atom stereocenters. The summed E-state index contributed by atoms with van der Waals surface area (Å²) in [4.78, 5) is 28.3. The lowest BCUT2D eigenvalue weighted by Gasteiger charge is -2.26. The van der Waals surface area contributed by atoms with Crippen LogP contribution in [0.25, 0.3) is 0 Å². The molecular weight excluding hydrogens is 435 g/mol. The number of anilines is 1. The number of hydrogen-bond acceptors (Lipinski definition) is 7. The molecule has 0 saturated carbocycles. The summed E-state index contributed by atoms with van der Waals surface area (Å²) in [5, 5.41) is 6.89. The first-order valence-corrected chi connectivity index (χ1v) is 11.7. The number of aromatic nitrogens is 1. The van der Waals surface area contributed by atoms with Crippen LogP contribution >= 0.6 is 11.3 Å². The van der Waals surface area contributed by atoms with Crippen molar-refractivity contribution < 1.29 is 27.1 Å². The fourth-order valence-corrected chi connectivity index (χ4v) is 4.78. The average Bonchev–Trinajstić information content (AvgIpc) is 3.15. The predicted octanol–water partition coefficient (Wildman–Crippen LogP) is 0.855. The van der Waals surface area contributed by atoms with Crippen LogP contribution in [0.5, 0.6) is 0 Å². The molecule has 0 aliphatic carbocycles. The number of nitrogens with one attached hydrogen (secondary N) is 2. The average molecular weight is 457 g/mol. The molecule has 2 aromatic rings. The van der Waals surface area contributed by atoms with Gasteiger partial charge in [0.15, 0.2) is 5.13 Å². The Labute approximate surface area is 177 Å². The maximum atomic E-state index is 13.7. The molecule has 1 aliphatic heterocycles. The van der Waals surface area contributed by atoms with E-state index >= 15 is 0 Å². The number of benzene rings is 1. The molecule has 162 valence electrons. The minimum absolute atomic E-state index is 0.0143. The topological polar surface area (TPSA) is 118 Å². The van der Waals surface area contributed by atoms with Gasteiger partial charge in [-0.3, -0.25) is 14.9 Å². The molecule has 1 saturated heterocycles. The maximum Gasteiger partial charge on any atom is 0.260 e. The SMILES string of the molecule is O=C(Cc1csc(NC(=O)c2ccccc2F)n1)NCCS(=O)(=O)N1CCOCC1. The smallest absolute Gasteiger partial charge is 0.260 e. The number of sulfonamides is 1. The highest BCUT2D eigenvalue weighted by molar-refractivity contribution is 7.89. The van der Waals surface area contributed by atoms with Crippen molar-refractivity contribution in [2.24, 2.45) is 0 Å². The highest BCUT2D eigenvalue weighted by Gasteiger charge is 2.24. The highest BCUT2D eigenvalue weighted by Crippen LogP contribution is 2.18. The van der Waals surface area contributed by atoms with Crippen LogP contribution in [0.3, 0.4) is 0 Å². The van der Waals surface area contributed by atoms with Gasteiger partial charge >= 0.3 is 0 Å². The van der Waals surface area contributed by atoms with Crippen LogP contribution in [-0.2, 0) is 26.0 Å². The summed E-state index contributed by atoms with van der Waals surface area (Å²) in [7, 11) is -3.44. The third kappa shape index (κ3) is 6.05. The lowest BCUT2D eigenvalue weighted by molar-refractivity contribution is -0.120. The second-order valence-corrected chi connectivity index (χ2v) is 9.38. The van der Waals surface area contributed by atoms with Crippen LogP contribution < -0.4 is 10.6 Å². The molecular formula is C18H21FN4O5S2. The third-order valence-corrected chi connectivity index (χ3v) is 6.96. The lowest BCUT2D eigenvalue weighted by Crippen LogP contribution is -2.43. The molecule has 12 heteroatoms. The second kappa shape index (κ2) is 10.1. The quantitative estimate of drug-likeness (QED) is 0.608. The molecule has 1 aromatic heterocycles. The van der Waals surface area contributed by atoms with Gasteiger partial charge in [0.25, 0.3) is 5.91 Å². The standard InChI is InChI=1S/C18H21FN4O5S2/c19-15-4-2-1-3-14(15)17(25)22-18-21-13(12-29-18)11-16(24)20-5-10-30(26,27)23-6-8-28-9-7-23/h1-4,12H,5-11H2,(H,20,24)(H,21,22,25). The van der Waals surface area contributed by atoms with E-state index < -0.39 is 21.7 Å². The lowest BCUT2D eigenvalue weighted by atomic mass is 10.2. The summed E-state index contributed by atoms with van der Waals surface area (Å²) in [6, 6.07) is 5.58. The number of rotatable bonds is 8. The van der Waals surface area contributed by atoms with Crippen LogP contribution in [0, 0.1) is 5.82 Å². The minimum Gasteiger partial charge on any atom is -0.379 e. The zero-order valence-corrected chi connectivity index (χ0v) is 17.6. The van der Waals surface area contributed by atoms with Crippen LogP contribution in [0.1, 0.15) is 16.1 Å². The van der Waals surface area contributed by atoms with Crippen molar-refractivity contribution >= 4 is 38.3 Å². The second-order valence-electron chi connectivity index (χ2n) is 6.43. The Morgan fingerprint density at radius 2 is 1.97 bits per heavy atom. The number of carbonyl (C=O) groups excluding carboxylic acids is 2. The van der Waals surface area contributed by atoms with Crippen LogP contribution in [-0.4, -0.2) is 68.1 Å². The van der Waals surface area contributed by atoms with Crippen molar-refractivity contribution in [2.75, 3.05) is 43.9 Å². The summed E-state index contributed by atoms with van der Waals surface area (Å²) in [5.74, 6) is -1.85. The molecule has 0 radical (unpaired) electrons. The number of morpholine rings is 1. The number of nitrogens with zero attached hydrogens (tertiary/aromatic N) is 2. The van der Waals surface area contributed by atoms with Gasteiger partial charge in [0.05, 0.1) is 36.6 Å². The normalized spacial score (nSPS) is 15.0. The first-order valence-electron chi connectivity index (χ1n) is 9.18. The molecule has 2 N–H and O–H groups in total. The summed E-state index contributed by atoms with van der Waals surface area (Å²) in [6.45, 7) is 1.35. The molecule has 1 aromatic carbocycles. The first-order chi connectivity index (χ1) is 14.3. The Balaban J connectivity index is 1.45. The maximum absolute atomic E-state index is 13.7. The van der Waals surface area contributed by atoms with Crippen molar-refractivity contribution in [3.8, 4) is 0 Å². The van der Waals surface area contributed by atoms with Crippen molar-refractivity contribution in [1.82, 2.24) is 14.6 Å². The summed E-state index contributed by atoms with van der Waals surface area (Å²) in [5.41, 5.74) is 0.311. The zero-order valence-electron chi connectivity index (χ0n) is 16.0. The molecule has 30 heavy (non-hydrogen) atoms. The van der Waals surface area contributed by atoms with Crippen LogP contribution in [0.15, 0.2) is 29.6 Å². The number of amides is 2. The summed E-state index contributed by atoms with van der Waals surface area (Å²) >= 11 is 1.11. The van der Waals surface area contributed by atoms with Gasteiger partial charge in [-0.25, -0.2) is 17.8 Å². The van der Waals surface area contributed by atoms with E-state index in [1.807, 2.05) is 0 Å². The number of ether oxygens (including phenoxy) is 1.